The summed E-state index contributed by atoms with van der Waals surface area (Å²) >= 11 is 0. The molecule has 2 heterocycles. The van der Waals surface area contributed by atoms with Gasteiger partial charge in [-0.05, 0) is 13.8 Å². The molecule has 6 heteroatoms. The fourth-order valence-corrected chi connectivity index (χ4v) is 4.64. The van der Waals surface area contributed by atoms with Gasteiger partial charge in [0.1, 0.15) is 4.75 Å². The van der Waals surface area contributed by atoms with Crippen molar-refractivity contribution < 1.29 is 13.2 Å². The van der Waals surface area contributed by atoms with E-state index in [2.05, 4.69) is 4.90 Å². The molecule has 2 aliphatic heterocycles. The fraction of sp³-hybridized carbons (Fsp3) is 1.00. The van der Waals surface area contributed by atoms with Crippen LogP contribution < -0.4 is 0 Å². The number of nitrogens with zero attached hydrogens (tertiary/aromatic N) is 2. The van der Waals surface area contributed by atoms with Gasteiger partial charge in [0.15, 0.2) is 0 Å². The number of ether oxygens (including phenoxy) is 1. The molecule has 0 amide bonds. The lowest BCUT2D eigenvalue weighted by molar-refractivity contribution is -0.0380. The lowest BCUT2D eigenvalue weighted by Crippen LogP contribution is -2.76. The summed E-state index contributed by atoms with van der Waals surface area (Å²) in [6.07, 6.45) is 0.00593. The minimum absolute atomic E-state index is 0.00593. The molecule has 0 aromatic heterocycles. The van der Waals surface area contributed by atoms with E-state index < -0.39 is 14.8 Å². The summed E-state index contributed by atoms with van der Waals surface area (Å²) in [5, 5.41) is 0. The van der Waals surface area contributed by atoms with Gasteiger partial charge >= 0.3 is 0 Å². The lowest BCUT2D eigenvalue weighted by atomic mass is 10.1. The first-order valence-corrected chi connectivity index (χ1v) is 7.20. The van der Waals surface area contributed by atoms with Gasteiger partial charge in [-0.2, -0.15) is 4.31 Å². The van der Waals surface area contributed by atoms with E-state index >= 15 is 0 Å². The smallest absolute Gasteiger partial charge is 0.223 e. The molecule has 1 unspecified atom stereocenters. The van der Waals surface area contributed by atoms with Crippen LogP contribution >= 0.6 is 0 Å². The van der Waals surface area contributed by atoms with E-state index in [0.29, 0.717) is 19.8 Å². The standard InChI is InChI=1S/C10H20N2O3S/c1-4-12-9(10(2,3)16(12,13)14)11-5-7-15-8-6-11/h9H,4-8H2,1-3H3. The number of morpholine rings is 1. The highest BCUT2D eigenvalue weighted by molar-refractivity contribution is 7.91. The second-order valence-corrected chi connectivity index (χ2v) is 7.31. The largest absolute Gasteiger partial charge is 0.379 e. The Hall–Kier alpha value is -0.170. The molecule has 0 spiro atoms. The van der Waals surface area contributed by atoms with Crippen LogP contribution in [0.15, 0.2) is 0 Å². The van der Waals surface area contributed by atoms with Gasteiger partial charge in [-0.3, -0.25) is 4.90 Å². The molecule has 0 radical (unpaired) electrons. The molecule has 0 aromatic rings. The lowest BCUT2D eigenvalue weighted by Gasteiger charge is -2.57. The van der Waals surface area contributed by atoms with Crippen LogP contribution in [-0.4, -0.2) is 61.4 Å². The Morgan fingerprint density at radius 2 is 1.88 bits per heavy atom. The first-order chi connectivity index (χ1) is 7.43. The zero-order valence-corrected chi connectivity index (χ0v) is 11.0. The van der Waals surface area contributed by atoms with E-state index in [9.17, 15) is 8.42 Å². The molecule has 5 nitrogen and oxygen atoms in total. The Kier molecular flexibility index (Phi) is 3.03. The highest BCUT2D eigenvalue weighted by Crippen LogP contribution is 2.41. The second-order valence-electron chi connectivity index (χ2n) is 4.83. The Morgan fingerprint density at radius 3 is 2.38 bits per heavy atom. The molecule has 0 N–H and O–H groups in total. The summed E-state index contributed by atoms with van der Waals surface area (Å²) in [7, 11) is -3.10. The van der Waals surface area contributed by atoms with E-state index in [1.54, 1.807) is 4.31 Å². The summed E-state index contributed by atoms with van der Waals surface area (Å²) in [5.74, 6) is 0. The van der Waals surface area contributed by atoms with Gasteiger partial charge in [0, 0.05) is 19.6 Å². The van der Waals surface area contributed by atoms with Crippen molar-refractivity contribution in [2.45, 2.75) is 31.7 Å². The molecule has 2 fully saturated rings. The normalized spacial score (nSPS) is 34.6. The van der Waals surface area contributed by atoms with Crippen molar-refractivity contribution in [3.05, 3.63) is 0 Å². The van der Waals surface area contributed by atoms with E-state index in [1.807, 2.05) is 20.8 Å². The molecule has 2 rings (SSSR count). The molecule has 1 atom stereocenters. The van der Waals surface area contributed by atoms with Gasteiger partial charge in [-0.15, -0.1) is 0 Å². The third-order valence-corrected chi connectivity index (χ3v) is 6.19. The topological polar surface area (TPSA) is 49.9 Å². The highest BCUT2D eigenvalue weighted by atomic mass is 32.2. The fourth-order valence-electron chi connectivity index (χ4n) is 2.65. The van der Waals surface area contributed by atoms with Crippen molar-refractivity contribution in [1.29, 1.82) is 0 Å². The van der Waals surface area contributed by atoms with Gasteiger partial charge < -0.3 is 4.74 Å². The van der Waals surface area contributed by atoms with Crippen LogP contribution in [0.25, 0.3) is 0 Å². The minimum atomic E-state index is -3.10. The van der Waals surface area contributed by atoms with Crippen molar-refractivity contribution in [3.8, 4) is 0 Å². The molecule has 2 saturated heterocycles. The van der Waals surface area contributed by atoms with Crippen molar-refractivity contribution in [2.75, 3.05) is 32.8 Å². The predicted molar refractivity (Wildman–Crippen MR) is 61.6 cm³/mol. The SMILES string of the molecule is CCN1C(N2CCOCC2)C(C)(C)S1(=O)=O. The maximum Gasteiger partial charge on any atom is 0.223 e. The zero-order chi connectivity index (χ0) is 12.0. The summed E-state index contributed by atoms with van der Waals surface area (Å²) in [6.45, 7) is 9.10. The van der Waals surface area contributed by atoms with Crippen LogP contribution in [0.2, 0.25) is 0 Å². The third kappa shape index (κ3) is 1.51. The predicted octanol–water partition coefficient (Wildman–Crippen LogP) is 0.0886. The third-order valence-electron chi connectivity index (χ3n) is 3.57. The first kappa shape index (κ1) is 12.3. The Bertz CT molecular complexity index is 360. The van der Waals surface area contributed by atoms with Crippen LogP contribution in [0, 0.1) is 0 Å². The highest BCUT2D eigenvalue weighted by Gasteiger charge is 2.61. The van der Waals surface area contributed by atoms with Crippen LogP contribution in [0.4, 0.5) is 0 Å². The molecule has 0 aromatic carbocycles. The van der Waals surface area contributed by atoms with Gasteiger partial charge in [0.2, 0.25) is 10.0 Å². The van der Waals surface area contributed by atoms with E-state index in [-0.39, 0.29) is 6.17 Å². The van der Waals surface area contributed by atoms with Crippen LogP contribution in [-0.2, 0) is 14.8 Å². The van der Waals surface area contributed by atoms with Crippen molar-refractivity contribution >= 4 is 10.0 Å². The van der Waals surface area contributed by atoms with Crippen LogP contribution in [0.3, 0.4) is 0 Å². The average molecular weight is 248 g/mol. The maximum absolute atomic E-state index is 12.0. The summed E-state index contributed by atoms with van der Waals surface area (Å²) in [6, 6.07) is 0. The van der Waals surface area contributed by atoms with Crippen molar-refractivity contribution in [3.63, 3.8) is 0 Å². The monoisotopic (exact) mass is 248 g/mol. The quantitative estimate of drug-likeness (QED) is 0.695. The van der Waals surface area contributed by atoms with E-state index in [4.69, 9.17) is 4.74 Å². The van der Waals surface area contributed by atoms with Gasteiger partial charge in [-0.25, -0.2) is 8.42 Å². The molecular weight excluding hydrogens is 228 g/mol. The van der Waals surface area contributed by atoms with E-state index in [0.717, 1.165) is 13.1 Å². The second kappa shape index (κ2) is 3.94. The number of sulfonamides is 1. The van der Waals surface area contributed by atoms with E-state index in [1.165, 1.54) is 0 Å². The Balaban J connectivity index is 2.20. The Labute approximate surface area is 97.4 Å². The minimum Gasteiger partial charge on any atom is -0.379 e. The van der Waals surface area contributed by atoms with Crippen molar-refractivity contribution in [1.82, 2.24) is 9.21 Å². The summed E-state index contributed by atoms with van der Waals surface area (Å²) in [5.41, 5.74) is 0. The molecule has 94 valence electrons. The first-order valence-electron chi connectivity index (χ1n) is 5.76. The number of hydrogen-bond acceptors (Lipinski definition) is 4. The Morgan fingerprint density at radius 1 is 1.31 bits per heavy atom. The summed E-state index contributed by atoms with van der Waals surface area (Å²) in [4.78, 5) is 2.22. The number of rotatable bonds is 2. The van der Waals surface area contributed by atoms with Crippen LogP contribution in [0.5, 0.6) is 0 Å². The average Bonchev–Trinajstić information content (AvgIpc) is 2.25. The molecule has 0 bridgehead atoms. The van der Waals surface area contributed by atoms with Gasteiger partial charge in [0.25, 0.3) is 0 Å². The number of hydrogen-bond donors (Lipinski definition) is 0. The maximum atomic E-state index is 12.0. The van der Waals surface area contributed by atoms with Gasteiger partial charge in [-0.1, -0.05) is 6.92 Å². The summed E-state index contributed by atoms with van der Waals surface area (Å²) < 4.78 is 30.3. The van der Waals surface area contributed by atoms with Gasteiger partial charge in [0.05, 0.1) is 19.4 Å². The molecular formula is C10H20N2O3S. The zero-order valence-electron chi connectivity index (χ0n) is 10.1. The molecule has 0 saturated carbocycles. The molecule has 0 aliphatic carbocycles. The molecule has 2 aliphatic rings. The van der Waals surface area contributed by atoms with Crippen LogP contribution in [0.1, 0.15) is 20.8 Å². The molecule has 16 heavy (non-hydrogen) atoms. The van der Waals surface area contributed by atoms with Crippen molar-refractivity contribution in [2.24, 2.45) is 0 Å².